The van der Waals surface area contributed by atoms with Crippen LogP contribution in [0.15, 0.2) is 146 Å². The minimum atomic E-state index is -4.73. The SMILES string of the molecule is CS(=O)(=O)c1ncc(Br)cn1.CS(=O)(=O)c1ncc(N(Cc2ccc(-c3noc(C(F)(F)F)n3)s2)c2cnccn2)cn1.CS(=O)(=O)c1ncc(Nc2cnccn2)cn1.FC(F)(F)c1nc(-c2ccc(CBr)s2)no1.Nc1cnccn1.[CH3-].[W]. The number of nitrogens with two attached hydrogens (primary N) is 1. The number of nitrogen functional groups attached to an aromatic ring is 1. The van der Waals surface area contributed by atoms with Crippen molar-refractivity contribution in [3.63, 3.8) is 0 Å². The number of anilines is 5. The first-order chi connectivity index (χ1) is 39.1. The molecule has 10 rings (SSSR count). The van der Waals surface area contributed by atoms with Crippen molar-refractivity contribution in [2.24, 2.45) is 0 Å². The number of thiophene rings is 2. The van der Waals surface area contributed by atoms with Gasteiger partial charge in [-0.3, -0.25) is 15.0 Å². The Balaban J connectivity index is 0.000000248. The van der Waals surface area contributed by atoms with Crippen LogP contribution in [-0.2, 0) is 74.8 Å². The third-order valence-corrected chi connectivity index (χ3v) is 15.1. The zero-order chi connectivity index (χ0) is 60.6. The van der Waals surface area contributed by atoms with Gasteiger partial charge < -0.3 is 32.4 Å². The van der Waals surface area contributed by atoms with Gasteiger partial charge in [0.2, 0.25) is 56.6 Å². The molecule has 10 aromatic rings. The Labute approximate surface area is 517 Å². The zero-order valence-corrected chi connectivity index (χ0v) is 53.5. The van der Waals surface area contributed by atoms with Gasteiger partial charge in [0, 0.05) is 104 Å². The molecular formula is C44H38Br2F6N19O8S5W-. The Morgan fingerprint density at radius 2 is 1.01 bits per heavy atom. The van der Waals surface area contributed by atoms with Gasteiger partial charge in [-0.1, -0.05) is 26.2 Å². The van der Waals surface area contributed by atoms with E-state index in [1.807, 2.05) is 0 Å². The van der Waals surface area contributed by atoms with Crippen LogP contribution in [0.2, 0.25) is 0 Å². The van der Waals surface area contributed by atoms with Crippen molar-refractivity contribution >= 4 is 113 Å². The largest absolute Gasteiger partial charge is 0.471 e. The molecule has 0 aliphatic rings. The number of nitrogens with zero attached hydrogens (tertiary/aromatic N) is 17. The maximum Gasteiger partial charge on any atom is 0.471 e. The van der Waals surface area contributed by atoms with E-state index in [1.165, 1.54) is 85.7 Å². The van der Waals surface area contributed by atoms with E-state index in [1.54, 1.807) is 47.8 Å². The van der Waals surface area contributed by atoms with Gasteiger partial charge in [0.25, 0.3) is 0 Å². The van der Waals surface area contributed by atoms with Crippen LogP contribution in [0.3, 0.4) is 0 Å². The predicted molar refractivity (Wildman–Crippen MR) is 297 cm³/mol. The van der Waals surface area contributed by atoms with Gasteiger partial charge in [-0.25, -0.2) is 70.1 Å². The van der Waals surface area contributed by atoms with Crippen LogP contribution in [0, 0.1) is 7.43 Å². The molecule has 85 heavy (non-hydrogen) atoms. The van der Waals surface area contributed by atoms with Crippen LogP contribution in [0.5, 0.6) is 0 Å². The van der Waals surface area contributed by atoms with Crippen LogP contribution < -0.4 is 16.0 Å². The molecule has 0 amide bonds. The standard InChI is InChI=1S/C17H12F3N7O3S2.C9H9N5O2S.C8H4BrF3N2OS.C5H5BrN2O2S.C4H5N3.CH3.W/c1-32(28,29)16-23-6-10(7-24-16)27(13-8-21-4-5-22-13)9-11-2-3-12(31-11)14-25-15(30-26-14)17(18,19)20;1-17(15,16)9-12-4-7(5-13-9)14-8-6-10-2-3-11-8;9-3-4-1-2-5(16-4)6-13-7(15-14-6)8(10,11)12;1-11(9,10)5-7-2-4(6)3-8-5;5-4-3-6-1-2-7-4;;/h2-8H,9H2,1H3;2-6H,1H3,(H,11,14);1-2H,3H2;2-3H,1H3;1-3H,(H2,5,7);1H3;/q;;;;;-1;. The first-order valence-electron chi connectivity index (χ1n) is 21.9. The smallest absolute Gasteiger partial charge is 0.382 e. The number of hydrogen-bond acceptors (Lipinski definition) is 29. The topological polar surface area (TPSA) is 376 Å². The molecule has 450 valence electrons. The molecule has 0 fully saturated rings. The van der Waals surface area contributed by atoms with Gasteiger partial charge in [-0.05, 0) is 40.2 Å². The predicted octanol–water partition coefficient (Wildman–Crippen LogP) is 8.41. The van der Waals surface area contributed by atoms with Crippen LogP contribution in [0.1, 0.15) is 21.5 Å². The molecule has 0 radical (unpaired) electrons. The van der Waals surface area contributed by atoms with E-state index in [-0.39, 0.29) is 62.2 Å². The fourth-order valence-corrected chi connectivity index (χ4v) is 9.35. The summed E-state index contributed by atoms with van der Waals surface area (Å²) in [7, 11) is -10.2. The molecule has 0 saturated carbocycles. The summed E-state index contributed by atoms with van der Waals surface area (Å²) in [6, 6.07) is 6.71. The number of rotatable bonds is 12. The van der Waals surface area contributed by atoms with Gasteiger partial charge in [-0.2, -0.15) is 36.3 Å². The fourth-order valence-electron chi connectivity index (χ4n) is 5.45. The van der Waals surface area contributed by atoms with Crippen molar-refractivity contribution in [2.45, 2.75) is 39.7 Å². The number of hydrogen-bond donors (Lipinski definition) is 2. The molecule has 10 aromatic heterocycles. The molecular weight excluding hydrogens is 1540 g/mol. The normalized spacial score (nSPS) is 11.2. The number of nitrogens with one attached hydrogen (secondary N) is 1. The molecule has 27 nitrogen and oxygen atoms in total. The monoisotopic (exact) mass is 1580 g/mol. The summed E-state index contributed by atoms with van der Waals surface area (Å²) in [5.74, 6) is -1.55. The van der Waals surface area contributed by atoms with Gasteiger partial charge in [0.15, 0.2) is 5.82 Å². The molecule has 0 spiro atoms. The molecule has 0 unspecified atom stereocenters. The van der Waals surface area contributed by atoms with Crippen molar-refractivity contribution in [3.8, 4) is 21.4 Å². The summed E-state index contributed by atoms with van der Waals surface area (Å²) in [6.07, 6.45) is 15.7. The van der Waals surface area contributed by atoms with Crippen LogP contribution >= 0.6 is 54.5 Å². The third-order valence-electron chi connectivity index (χ3n) is 8.94. The fraction of sp³-hybridized carbons (Fsp3) is 0.159. The Kier molecular flexibility index (Phi) is 25.7. The van der Waals surface area contributed by atoms with E-state index in [2.05, 4.69) is 126 Å². The maximum absolute atomic E-state index is 12.7. The van der Waals surface area contributed by atoms with Crippen molar-refractivity contribution < 1.29 is 81.7 Å². The summed E-state index contributed by atoms with van der Waals surface area (Å²) in [4.78, 5) is 57.0. The van der Waals surface area contributed by atoms with E-state index in [0.29, 0.717) is 48.4 Å². The second-order valence-electron chi connectivity index (χ2n) is 15.5. The second kappa shape index (κ2) is 31.2. The summed E-state index contributed by atoms with van der Waals surface area (Å²) >= 11 is 8.81. The Bertz CT molecular complexity index is 4020. The summed E-state index contributed by atoms with van der Waals surface area (Å²) in [6.45, 7) is 0.217. The molecule has 0 saturated heterocycles. The van der Waals surface area contributed by atoms with Crippen molar-refractivity contribution in [1.29, 1.82) is 0 Å². The number of aromatic nitrogens is 16. The van der Waals surface area contributed by atoms with Crippen molar-refractivity contribution in [3.05, 3.63) is 151 Å². The Morgan fingerprint density at radius 1 is 0.576 bits per heavy atom. The van der Waals surface area contributed by atoms with Crippen molar-refractivity contribution in [2.75, 3.05) is 34.7 Å². The van der Waals surface area contributed by atoms with Crippen LogP contribution in [0.4, 0.5) is 55.2 Å². The van der Waals surface area contributed by atoms with Gasteiger partial charge in [0.05, 0.1) is 75.5 Å². The van der Waals surface area contributed by atoms with Gasteiger partial charge in [-0.15, -0.1) is 22.7 Å². The van der Waals surface area contributed by atoms with Crippen LogP contribution in [-0.4, -0.2) is 124 Å². The number of alkyl halides is 7. The van der Waals surface area contributed by atoms with E-state index in [4.69, 9.17) is 5.73 Å². The van der Waals surface area contributed by atoms with Crippen molar-refractivity contribution in [1.82, 2.24) is 80.1 Å². The first kappa shape index (κ1) is 70.1. The third kappa shape index (κ3) is 22.2. The number of sulfone groups is 3. The first-order valence-corrected chi connectivity index (χ1v) is 31.1. The molecule has 10 heterocycles. The molecule has 41 heteroatoms. The molecule has 0 bridgehead atoms. The second-order valence-corrected chi connectivity index (χ2v) is 25.0. The van der Waals surface area contributed by atoms with Gasteiger partial charge in [0.1, 0.15) is 11.6 Å². The maximum atomic E-state index is 12.7. The molecule has 0 aromatic carbocycles. The molecule has 0 aliphatic carbocycles. The van der Waals surface area contributed by atoms with Gasteiger partial charge >= 0.3 is 24.1 Å². The minimum Gasteiger partial charge on any atom is -0.382 e. The summed E-state index contributed by atoms with van der Waals surface area (Å²) < 4.78 is 151. The minimum absolute atomic E-state index is 0. The average Bonchev–Trinajstić information content (AvgIpc) is 4.47. The Hall–Kier alpha value is -7.36. The molecule has 3 N–H and O–H groups in total. The number of halogens is 8. The summed E-state index contributed by atoms with van der Waals surface area (Å²) in [5.41, 5.74) is 6.16. The summed E-state index contributed by atoms with van der Waals surface area (Å²) in [5, 5.41) is 9.52. The Morgan fingerprint density at radius 3 is 1.39 bits per heavy atom. The zero-order valence-electron chi connectivity index (χ0n) is 43.3. The van der Waals surface area contributed by atoms with E-state index in [9.17, 15) is 51.6 Å². The quantitative estimate of drug-likeness (QED) is 0.0501. The van der Waals surface area contributed by atoms with E-state index < -0.39 is 53.6 Å². The molecule has 0 atom stereocenters. The van der Waals surface area contributed by atoms with E-state index >= 15 is 0 Å². The van der Waals surface area contributed by atoms with Crippen LogP contribution in [0.25, 0.3) is 21.4 Å². The average molecular weight is 1580 g/mol. The van der Waals surface area contributed by atoms with E-state index in [0.717, 1.165) is 39.9 Å². The molecule has 0 aliphatic heterocycles.